The topological polar surface area (TPSA) is 66.9 Å². The number of hydrogen-bond acceptors (Lipinski definition) is 5. The number of alkyl halides is 3. The molecule has 0 radical (unpaired) electrons. The zero-order valence-electron chi connectivity index (χ0n) is 28.2. The minimum Gasteiger partial charge on any atom is -0.444 e. The van der Waals surface area contributed by atoms with Crippen LogP contribution in [0.5, 0.6) is 0 Å². The maximum Gasteiger partial charge on any atom is 0.454 e. The second kappa shape index (κ2) is 14.9. The Morgan fingerprint density at radius 3 is 2.04 bits per heavy atom. The zero-order chi connectivity index (χ0) is 37.4. The summed E-state index contributed by atoms with van der Waals surface area (Å²) in [7, 11) is 1.67. The highest BCUT2D eigenvalue weighted by Crippen LogP contribution is 2.40. The molecular weight excluding hydrogens is 718 g/mol. The van der Waals surface area contributed by atoms with Crippen molar-refractivity contribution in [3.8, 4) is 11.1 Å². The van der Waals surface area contributed by atoms with Gasteiger partial charge in [0.25, 0.3) is 11.7 Å². The molecule has 51 heavy (non-hydrogen) atoms. The highest BCUT2D eigenvalue weighted by atomic mass is 35.5. The lowest BCUT2D eigenvalue weighted by molar-refractivity contribution is -0.0885. The molecule has 1 saturated carbocycles. The molecule has 0 aliphatic heterocycles. The molecule has 1 fully saturated rings. The van der Waals surface area contributed by atoms with Gasteiger partial charge in [0.1, 0.15) is 27.9 Å². The van der Waals surface area contributed by atoms with Crippen molar-refractivity contribution >= 4 is 50.8 Å². The number of thiophene rings is 1. The van der Waals surface area contributed by atoms with E-state index in [9.17, 15) is 36.3 Å². The summed E-state index contributed by atoms with van der Waals surface area (Å²) in [6.45, 7) is 5.21. The SMILES string of the molecule is CN(C(=O)OC(C)(C)C)C1CCC(CN(Cc2cc(-c3ccc(C(=O)C(F)(F)F)cc3)ccc2F)C(=O)c2sc3c(F)ccc(F)c3c2Cl)CC1. The van der Waals surface area contributed by atoms with Crippen LogP contribution in [0.1, 0.15) is 72.0 Å². The van der Waals surface area contributed by atoms with E-state index >= 15 is 4.39 Å². The second-order valence-corrected chi connectivity index (χ2v) is 15.0. The van der Waals surface area contributed by atoms with E-state index in [0.29, 0.717) is 48.1 Å². The summed E-state index contributed by atoms with van der Waals surface area (Å²) in [5.74, 6) is -4.95. The summed E-state index contributed by atoms with van der Waals surface area (Å²) in [6, 6.07) is 10.5. The van der Waals surface area contributed by atoms with E-state index in [-0.39, 0.29) is 50.6 Å². The Labute approximate surface area is 299 Å². The lowest BCUT2D eigenvalue weighted by Crippen LogP contribution is -2.43. The molecule has 2 amide bonds. The lowest BCUT2D eigenvalue weighted by atomic mass is 9.85. The number of nitrogens with zero attached hydrogens (tertiary/aromatic N) is 2. The molecule has 14 heteroatoms. The van der Waals surface area contributed by atoms with Gasteiger partial charge in [0, 0.05) is 37.3 Å². The average Bonchev–Trinajstić information content (AvgIpc) is 3.43. The first-order valence-electron chi connectivity index (χ1n) is 16.2. The largest absolute Gasteiger partial charge is 0.454 e. The normalized spacial score (nSPS) is 16.6. The molecule has 1 aliphatic carbocycles. The zero-order valence-corrected chi connectivity index (χ0v) is 29.7. The fraction of sp³-hybridized carbons (Fsp3) is 0.378. The molecular formula is C37H35ClF6N2O4S. The van der Waals surface area contributed by atoms with Crippen LogP contribution in [0.3, 0.4) is 0 Å². The molecule has 1 heterocycles. The number of rotatable bonds is 8. The van der Waals surface area contributed by atoms with Crippen molar-refractivity contribution in [3.05, 3.63) is 93.1 Å². The van der Waals surface area contributed by atoms with Crippen LogP contribution in [0.15, 0.2) is 54.6 Å². The van der Waals surface area contributed by atoms with Gasteiger partial charge in [-0.1, -0.05) is 41.9 Å². The van der Waals surface area contributed by atoms with Crippen molar-refractivity contribution in [1.82, 2.24) is 9.80 Å². The van der Waals surface area contributed by atoms with Gasteiger partial charge in [-0.05, 0) is 87.8 Å². The molecule has 3 aromatic carbocycles. The summed E-state index contributed by atoms with van der Waals surface area (Å²) in [4.78, 5) is 41.3. The Morgan fingerprint density at radius 2 is 1.45 bits per heavy atom. The number of fused-ring (bicyclic) bond motifs is 1. The highest BCUT2D eigenvalue weighted by Gasteiger charge is 2.39. The maximum absolute atomic E-state index is 15.4. The third-order valence-corrected chi connectivity index (χ3v) is 10.5. The van der Waals surface area contributed by atoms with E-state index in [1.165, 1.54) is 29.2 Å². The van der Waals surface area contributed by atoms with Gasteiger partial charge >= 0.3 is 12.3 Å². The Hall–Kier alpha value is -4.10. The summed E-state index contributed by atoms with van der Waals surface area (Å²) >= 11 is 7.18. The molecule has 0 saturated heterocycles. The molecule has 1 aliphatic rings. The predicted molar refractivity (Wildman–Crippen MR) is 183 cm³/mol. The Balaban J connectivity index is 1.42. The Bertz CT molecular complexity index is 1950. The summed E-state index contributed by atoms with van der Waals surface area (Å²) in [5.41, 5.74) is -0.321. The van der Waals surface area contributed by atoms with Crippen molar-refractivity contribution in [2.75, 3.05) is 13.6 Å². The van der Waals surface area contributed by atoms with E-state index in [0.717, 1.165) is 30.3 Å². The number of hydrogen-bond donors (Lipinski definition) is 0. The second-order valence-electron chi connectivity index (χ2n) is 13.6. The van der Waals surface area contributed by atoms with Crippen LogP contribution in [0.25, 0.3) is 21.2 Å². The minimum atomic E-state index is -5.04. The van der Waals surface area contributed by atoms with Crippen molar-refractivity contribution < 1.29 is 45.5 Å². The molecule has 0 bridgehead atoms. The number of carbonyl (C=O) groups excluding carboxylic acids is 3. The molecule has 0 unspecified atom stereocenters. The predicted octanol–water partition coefficient (Wildman–Crippen LogP) is 10.5. The molecule has 4 aromatic rings. The van der Waals surface area contributed by atoms with Gasteiger partial charge < -0.3 is 14.5 Å². The molecule has 0 atom stereocenters. The lowest BCUT2D eigenvalue weighted by Gasteiger charge is -2.37. The summed E-state index contributed by atoms with van der Waals surface area (Å²) in [5, 5.41) is -0.483. The van der Waals surface area contributed by atoms with Crippen LogP contribution >= 0.6 is 22.9 Å². The molecule has 0 spiro atoms. The van der Waals surface area contributed by atoms with Crippen LogP contribution in [0, 0.1) is 23.4 Å². The van der Waals surface area contributed by atoms with Crippen molar-refractivity contribution in [3.63, 3.8) is 0 Å². The standard InChI is InChI=1S/C37H35ClF6N2O4S/c1-36(2,3)50-35(49)45(4)25-12-5-20(6-13-25)18-46(34(48)32-30(38)29-27(40)15-16-28(41)31(29)51-32)19-24-17-23(11-14-26(24)39)21-7-9-22(10-8-21)33(47)37(42,43)44/h7-11,14-17,20,25H,5-6,12-13,18-19H2,1-4H3. The molecule has 5 rings (SSSR count). The van der Waals surface area contributed by atoms with Gasteiger partial charge in [0.15, 0.2) is 0 Å². The first kappa shape index (κ1) is 38.1. The van der Waals surface area contributed by atoms with E-state index in [2.05, 4.69) is 0 Å². The number of benzene rings is 3. The van der Waals surface area contributed by atoms with Crippen LogP contribution < -0.4 is 0 Å². The van der Waals surface area contributed by atoms with Gasteiger partial charge in [-0.15, -0.1) is 11.3 Å². The van der Waals surface area contributed by atoms with Crippen molar-refractivity contribution in [1.29, 1.82) is 0 Å². The monoisotopic (exact) mass is 752 g/mol. The quantitative estimate of drug-likeness (QED) is 0.133. The fourth-order valence-corrected chi connectivity index (χ4v) is 7.68. The van der Waals surface area contributed by atoms with Gasteiger partial charge in [-0.3, -0.25) is 9.59 Å². The number of halogens is 7. The van der Waals surface area contributed by atoms with E-state index in [1.807, 2.05) is 0 Å². The molecule has 272 valence electrons. The number of carbonyl (C=O) groups is 3. The van der Waals surface area contributed by atoms with Gasteiger partial charge in [0.05, 0.1) is 15.1 Å². The number of Topliss-reactive ketones (excluding diaryl/α,β-unsaturated/α-hetero) is 1. The smallest absolute Gasteiger partial charge is 0.444 e. The van der Waals surface area contributed by atoms with Crippen LogP contribution in [-0.2, 0) is 11.3 Å². The van der Waals surface area contributed by atoms with Crippen LogP contribution in [0.4, 0.5) is 31.1 Å². The van der Waals surface area contributed by atoms with Gasteiger partial charge in [-0.2, -0.15) is 13.2 Å². The van der Waals surface area contributed by atoms with E-state index < -0.39 is 52.6 Å². The molecule has 1 aromatic heterocycles. The van der Waals surface area contributed by atoms with E-state index in [1.54, 1.807) is 32.7 Å². The van der Waals surface area contributed by atoms with Crippen LogP contribution in [0.2, 0.25) is 5.02 Å². The highest BCUT2D eigenvalue weighted by molar-refractivity contribution is 7.21. The third-order valence-electron chi connectivity index (χ3n) is 8.83. The first-order chi connectivity index (χ1) is 23.8. The van der Waals surface area contributed by atoms with Gasteiger partial charge in [-0.25, -0.2) is 18.0 Å². The molecule has 0 N–H and O–H groups in total. The summed E-state index contributed by atoms with van der Waals surface area (Å²) < 4.78 is 88.9. The Morgan fingerprint density at radius 1 is 0.863 bits per heavy atom. The van der Waals surface area contributed by atoms with Crippen molar-refractivity contribution in [2.24, 2.45) is 5.92 Å². The average molecular weight is 753 g/mol. The number of ether oxygens (including phenoxy) is 1. The first-order valence-corrected chi connectivity index (χ1v) is 17.3. The molecule has 6 nitrogen and oxygen atoms in total. The van der Waals surface area contributed by atoms with Gasteiger partial charge in [0.2, 0.25) is 0 Å². The van der Waals surface area contributed by atoms with E-state index in [4.69, 9.17) is 16.3 Å². The Kier molecular flexibility index (Phi) is 11.1. The fourth-order valence-electron chi connectivity index (χ4n) is 6.17. The van der Waals surface area contributed by atoms with Crippen LogP contribution in [-0.4, -0.2) is 59.0 Å². The minimum absolute atomic E-state index is 0.0734. The number of amides is 2. The third kappa shape index (κ3) is 8.69. The number of ketones is 1. The summed E-state index contributed by atoms with van der Waals surface area (Å²) in [6.07, 6.45) is -3.05. The van der Waals surface area contributed by atoms with Crippen molar-refractivity contribution in [2.45, 2.75) is 70.8 Å². The maximum atomic E-state index is 15.4.